The molecule has 0 atom stereocenters. The molecule has 26 heavy (non-hydrogen) atoms. The SMILES string of the molecule is CCOCCOc1nc2ccccc2c2c1-c1ccc(OC)cc1C2=O. The lowest BCUT2D eigenvalue weighted by Gasteiger charge is -2.12. The topological polar surface area (TPSA) is 57.6 Å². The van der Waals surface area contributed by atoms with Crippen LogP contribution >= 0.6 is 0 Å². The molecule has 0 spiro atoms. The van der Waals surface area contributed by atoms with Crippen LogP contribution in [0.25, 0.3) is 22.0 Å². The lowest BCUT2D eigenvalue weighted by molar-refractivity contribution is 0.104. The van der Waals surface area contributed by atoms with Gasteiger partial charge in [-0.2, -0.15) is 0 Å². The molecular weight excluding hydrogens is 330 g/mol. The predicted octanol–water partition coefficient (Wildman–Crippen LogP) is 3.87. The molecule has 0 fully saturated rings. The quantitative estimate of drug-likeness (QED) is 0.495. The fourth-order valence-corrected chi connectivity index (χ4v) is 3.31. The van der Waals surface area contributed by atoms with Crippen LogP contribution in [0, 0.1) is 0 Å². The van der Waals surface area contributed by atoms with Gasteiger partial charge in [-0.05, 0) is 36.8 Å². The van der Waals surface area contributed by atoms with E-state index >= 15 is 0 Å². The number of carbonyl (C=O) groups excluding carboxylic acids is 1. The summed E-state index contributed by atoms with van der Waals surface area (Å²) in [6, 6.07) is 13.1. The predicted molar refractivity (Wildman–Crippen MR) is 99.2 cm³/mol. The number of nitrogens with zero attached hydrogens (tertiary/aromatic N) is 1. The summed E-state index contributed by atoms with van der Waals surface area (Å²) >= 11 is 0. The summed E-state index contributed by atoms with van der Waals surface area (Å²) in [5.41, 5.74) is 3.58. The summed E-state index contributed by atoms with van der Waals surface area (Å²) in [5, 5.41) is 0.833. The zero-order valence-electron chi connectivity index (χ0n) is 14.7. The molecule has 5 nitrogen and oxygen atoms in total. The highest BCUT2D eigenvalue weighted by Gasteiger charge is 2.33. The molecule has 1 heterocycles. The minimum atomic E-state index is -0.0258. The molecule has 0 saturated heterocycles. The number of pyridine rings is 1. The first-order chi connectivity index (χ1) is 12.7. The number of methoxy groups -OCH3 is 1. The third kappa shape index (κ3) is 2.61. The first-order valence-electron chi connectivity index (χ1n) is 8.61. The van der Waals surface area contributed by atoms with Crippen LogP contribution in [-0.4, -0.2) is 37.7 Å². The molecule has 0 amide bonds. The number of rotatable bonds is 6. The maximum absolute atomic E-state index is 13.1. The van der Waals surface area contributed by atoms with Crippen LogP contribution in [0.5, 0.6) is 11.6 Å². The number of ketones is 1. The van der Waals surface area contributed by atoms with E-state index < -0.39 is 0 Å². The van der Waals surface area contributed by atoms with Gasteiger partial charge in [0.05, 0.1) is 24.8 Å². The van der Waals surface area contributed by atoms with Gasteiger partial charge in [-0.1, -0.05) is 18.2 Å². The Labute approximate surface area is 151 Å². The molecule has 1 aromatic heterocycles. The van der Waals surface area contributed by atoms with Gasteiger partial charge in [-0.15, -0.1) is 0 Å². The molecule has 5 heteroatoms. The molecule has 132 valence electrons. The van der Waals surface area contributed by atoms with Gasteiger partial charge >= 0.3 is 0 Å². The van der Waals surface area contributed by atoms with Gasteiger partial charge in [0.1, 0.15) is 12.4 Å². The van der Waals surface area contributed by atoms with Crippen molar-refractivity contribution in [1.29, 1.82) is 0 Å². The normalized spacial score (nSPS) is 12.2. The molecule has 1 aliphatic rings. The Kier molecular flexibility index (Phi) is 4.31. The van der Waals surface area contributed by atoms with Gasteiger partial charge in [-0.25, -0.2) is 4.98 Å². The second kappa shape index (κ2) is 6.77. The zero-order valence-corrected chi connectivity index (χ0v) is 14.7. The monoisotopic (exact) mass is 349 g/mol. The Balaban J connectivity index is 1.89. The number of hydrogen-bond acceptors (Lipinski definition) is 5. The van der Waals surface area contributed by atoms with E-state index in [9.17, 15) is 4.79 Å². The lowest BCUT2D eigenvalue weighted by Crippen LogP contribution is -2.08. The highest BCUT2D eigenvalue weighted by Crippen LogP contribution is 2.45. The summed E-state index contributed by atoms with van der Waals surface area (Å²) in [4.78, 5) is 17.8. The second-order valence-electron chi connectivity index (χ2n) is 5.97. The maximum atomic E-state index is 13.1. The largest absolute Gasteiger partial charge is 0.497 e. The Morgan fingerprint density at radius 2 is 1.85 bits per heavy atom. The molecule has 0 N–H and O–H groups in total. The van der Waals surface area contributed by atoms with Gasteiger partial charge in [0.25, 0.3) is 0 Å². The van der Waals surface area contributed by atoms with Gasteiger partial charge in [0.2, 0.25) is 5.88 Å². The van der Waals surface area contributed by atoms with Gasteiger partial charge < -0.3 is 14.2 Å². The van der Waals surface area contributed by atoms with Crippen LogP contribution in [0.1, 0.15) is 22.8 Å². The zero-order chi connectivity index (χ0) is 18.1. The van der Waals surface area contributed by atoms with Crippen LogP contribution in [-0.2, 0) is 4.74 Å². The van der Waals surface area contributed by atoms with E-state index in [0.717, 1.165) is 22.0 Å². The number of fused-ring (bicyclic) bond motifs is 5. The van der Waals surface area contributed by atoms with E-state index in [1.54, 1.807) is 13.2 Å². The molecule has 1 aliphatic carbocycles. The third-order valence-corrected chi connectivity index (χ3v) is 4.50. The van der Waals surface area contributed by atoms with E-state index in [-0.39, 0.29) is 5.78 Å². The van der Waals surface area contributed by atoms with Gasteiger partial charge in [0, 0.05) is 23.1 Å². The maximum Gasteiger partial charge on any atom is 0.222 e. The van der Waals surface area contributed by atoms with Crippen molar-refractivity contribution in [3.63, 3.8) is 0 Å². The number of hydrogen-bond donors (Lipinski definition) is 0. The minimum absolute atomic E-state index is 0.0258. The fourth-order valence-electron chi connectivity index (χ4n) is 3.31. The molecule has 0 bridgehead atoms. The van der Waals surface area contributed by atoms with E-state index in [2.05, 4.69) is 4.98 Å². The van der Waals surface area contributed by atoms with E-state index in [0.29, 0.717) is 42.6 Å². The van der Waals surface area contributed by atoms with Crippen molar-refractivity contribution in [3.05, 3.63) is 53.6 Å². The standard InChI is InChI=1S/C21H19NO4/c1-3-25-10-11-26-21-19-14-9-8-13(24-2)12-16(14)20(23)18(19)15-6-4-5-7-17(15)22-21/h4-9,12H,3,10-11H2,1-2H3. The number of para-hydroxylation sites is 1. The highest BCUT2D eigenvalue weighted by molar-refractivity contribution is 6.28. The minimum Gasteiger partial charge on any atom is -0.497 e. The Morgan fingerprint density at radius 1 is 1.00 bits per heavy atom. The van der Waals surface area contributed by atoms with Crippen molar-refractivity contribution >= 4 is 16.7 Å². The number of ether oxygens (including phenoxy) is 3. The first-order valence-corrected chi connectivity index (χ1v) is 8.61. The Hall–Kier alpha value is -2.92. The van der Waals surface area contributed by atoms with Crippen LogP contribution in [0.2, 0.25) is 0 Å². The molecule has 3 aromatic rings. The summed E-state index contributed by atoms with van der Waals surface area (Å²) in [7, 11) is 1.59. The Morgan fingerprint density at radius 3 is 2.65 bits per heavy atom. The number of carbonyl (C=O) groups is 1. The Bertz CT molecular complexity index is 997. The summed E-state index contributed by atoms with van der Waals surface area (Å²) in [6.45, 7) is 3.43. The van der Waals surface area contributed by atoms with Crippen molar-refractivity contribution in [2.75, 3.05) is 26.9 Å². The average molecular weight is 349 g/mol. The van der Waals surface area contributed by atoms with E-state index in [4.69, 9.17) is 14.2 Å². The van der Waals surface area contributed by atoms with E-state index in [1.807, 2.05) is 43.3 Å². The van der Waals surface area contributed by atoms with Crippen LogP contribution in [0.15, 0.2) is 42.5 Å². The van der Waals surface area contributed by atoms with Crippen molar-refractivity contribution < 1.29 is 19.0 Å². The summed E-state index contributed by atoms with van der Waals surface area (Å²) < 4.78 is 16.5. The van der Waals surface area contributed by atoms with Crippen molar-refractivity contribution in [2.24, 2.45) is 0 Å². The van der Waals surface area contributed by atoms with Gasteiger partial charge in [-0.3, -0.25) is 4.79 Å². The summed E-state index contributed by atoms with van der Waals surface area (Å²) in [5.74, 6) is 1.10. The van der Waals surface area contributed by atoms with Crippen molar-refractivity contribution in [2.45, 2.75) is 6.92 Å². The average Bonchev–Trinajstić information content (AvgIpc) is 2.98. The second-order valence-corrected chi connectivity index (χ2v) is 5.97. The van der Waals surface area contributed by atoms with Crippen molar-refractivity contribution in [3.8, 4) is 22.8 Å². The first kappa shape index (κ1) is 16.5. The highest BCUT2D eigenvalue weighted by atomic mass is 16.5. The van der Waals surface area contributed by atoms with Gasteiger partial charge in [0.15, 0.2) is 5.78 Å². The number of benzene rings is 2. The fraction of sp³-hybridized carbons (Fsp3) is 0.238. The smallest absolute Gasteiger partial charge is 0.222 e. The molecule has 0 aliphatic heterocycles. The third-order valence-electron chi connectivity index (χ3n) is 4.50. The van der Waals surface area contributed by atoms with Crippen LogP contribution in [0.3, 0.4) is 0 Å². The molecule has 0 radical (unpaired) electrons. The van der Waals surface area contributed by atoms with Crippen LogP contribution < -0.4 is 9.47 Å². The number of aromatic nitrogens is 1. The lowest BCUT2D eigenvalue weighted by atomic mass is 10.0. The van der Waals surface area contributed by atoms with E-state index in [1.165, 1.54) is 0 Å². The molecular formula is C21H19NO4. The molecule has 4 rings (SSSR count). The van der Waals surface area contributed by atoms with Crippen molar-refractivity contribution in [1.82, 2.24) is 4.98 Å². The van der Waals surface area contributed by atoms with Crippen LogP contribution in [0.4, 0.5) is 0 Å². The summed E-state index contributed by atoms with van der Waals surface area (Å²) in [6.07, 6.45) is 0. The molecule has 0 unspecified atom stereocenters. The molecule has 2 aromatic carbocycles. The molecule has 0 saturated carbocycles.